The molecule has 0 spiro atoms. The molecular formula is C13H20N2O2. The number of hydrogen-bond acceptors (Lipinski definition) is 4. The van der Waals surface area contributed by atoms with Gasteiger partial charge in [-0.05, 0) is 5.56 Å². The summed E-state index contributed by atoms with van der Waals surface area (Å²) < 4.78 is 11.1. The van der Waals surface area contributed by atoms with Crippen LogP contribution in [0.2, 0.25) is 0 Å². The Balaban J connectivity index is 2.12. The first-order chi connectivity index (χ1) is 8.30. The maximum absolute atomic E-state index is 5.55. The first-order valence-corrected chi connectivity index (χ1v) is 5.91. The largest absolute Gasteiger partial charge is 0.340 e. The number of rotatable bonds is 4. The van der Waals surface area contributed by atoms with Gasteiger partial charge >= 0.3 is 0 Å². The zero-order chi connectivity index (χ0) is 12.1. The highest BCUT2D eigenvalue weighted by molar-refractivity contribution is 5.14. The number of hydrogen-bond donors (Lipinski definition) is 1. The van der Waals surface area contributed by atoms with Crippen LogP contribution in [0.15, 0.2) is 30.3 Å². The third-order valence-corrected chi connectivity index (χ3v) is 3.24. The average molecular weight is 236 g/mol. The first kappa shape index (κ1) is 12.5. The van der Waals surface area contributed by atoms with Crippen LogP contribution in [0, 0.1) is 0 Å². The minimum Gasteiger partial charge on any atom is -0.340 e. The number of nitrogens with zero attached hydrogens (tertiary/aromatic N) is 1. The summed E-state index contributed by atoms with van der Waals surface area (Å²) in [5, 5.41) is 3.30. The standard InChI is InChI=1S/C13H20N2O2/c1-16-13(17-2)11-14-8-9-15(13)10-12-6-4-3-5-7-12/h3-7,14H,8-11H2,1-2H3. The Hall–Kier alpha value is -0.940. The molecule has 2 rings (SSSR count). The lowest BCUT2D eigenvalue weighted by Gasteiger charge is -2.44. The van der Waals surface area contributed by atoms with E-state index in [1.807, 2.05) is 6.07 Å². The molecule has 0 unspecified atom stereocenters. The maximum Gasteiger partial charge on any atom is 0.242 e. The van der Waals surface area contributed by atoms with Gasteiger partial charge in [0.2, 0.25) is 5.91 Å². The minimum atomic E-state index is -0.645. The van der Waals surface area contributed by atoms with Gasteiger partial charge in [-0.3, -0.25) is 0 Å². The number of methoxy groups -OCH3 is 2. The van der Waals surface area contributed by atoms with E-state index in [9.17, 15) is 0 Å². The van der Waals surface area contributed by atoms with Crippen LogP contribution in [-0.4, -0.2) is 44.7 Å². The minimum absolute atomic E-state index is 0.645. The predicted octanol–water partition coefficient (Wildman–Crippen LogP) is 1.04. The molecule has 1 saturated heterocycles. The molecule has 17 heavy (non-hydrogen) atoms. The molecule has 0 bridgehead atoms. The van der Waals surface area contributed by atoms with Crippen molar-refractivity contribution in [2.45, 2.75) is 12.5 Å². The summed E-state index contributed by atoms with van der Waals surface area (Å²) in [6, 6.07) is 10.4. The molecule has 0 radical (unpaired) electrons. The van der Waals surface area contributed by atoms with Crippen LogP contribution in [0.4, 0.5) is 0 Å². The Bertz CT molecular complexity index is 339. The summed E-state index contributed by atoms with van der Waals surface area (Å²) in [4.78, 5) is 2.22. The van der Waals surface area contributed by atoms with E-state index < -0.39 is 5.91 Å². The van der Waals surface area contributed by atoms with E-state index in [-0.39, 0.29) is 0 Å². The number of ether oxygens (including phenoxy) is 2. The lowest BCUT2D eigenvalue weighted by molar-refractivity contribution is -0.302. The highest BCUT2D eigenvalue weighted by Gasteiger charge is 2.39. The number of piperazine rings is 1. The monoisotopic (exact) mass is 236 g/mol. The second-order valence-electron chi connectivity index (χ2n) is 4.20. The molecule has 0 aromatic heterocycles. The van der Waals surface area contributed by atoms with E-state index in [4.69, 9.17) is 9.47 Å². The van der Waals surface area contributed by atoms with Crippen molar-refractivity contribution in [3.05, 3.63) is 35.9 Å². The summed E-state index contributed by atoms with van der Waals surface area (Å²) in [5.41, 5.74) is 1.27. The van der Waals surface area contributed by atoms with Crippen LogP contribution in [-0.2, 0) is 16.0 Å². The van der Waals surface area contributed by atoms with Crippen molar-refractivity contribution in [2.75, 3.05) is 33.9 Å². The van der Waals surface area contributed by atoms with Gasteiger partial charge in [0.25, 0.3) is 0 Å². The van der Waals surface area contributed by atoms with Crippen molar-refractivity contribution in [3.63, 3.8) is 0 Å². The van der Waals surface area contributed by atoms with Gasteiger partial charge in [-0.1, -0.05) is 30.3 Å². The summed E-state index contributed by atoms with van der Waals surface area (Å²) in [5.74, 6) is -0.645. The van der Waals surface area contributed by atoms with Crippen molar-refractivity contribution in [2.24, 2.45) is 0 Å². The fourth-order valence-corrected chi connectivity index (χ4v) is 2.23. The Morgan fingerprint density at radius 2 is 1.94 bits per heavy atom. The molecule has 1 aromatic rings. The fraction of sp³-hybridized carbons (Fsp3) is 0.538. The molecule has 1 aliphatic rings. The summed E-state index contributed by atoms with van der Waals surface area (Å²) in [6.07, 6.45) is 0. The Labute approximate surface area is 103 Å². The summed E-state index contributed by atoms with van der Waals surface area (Å²) >= 11 is 0. The smallest absolute Gasteiger partial charge is 0.242 e. The van der Waals surface area contributed by atoms with Crippen molar-refractivity contribution >= 4 is 0 Å². The normalized spacial score (nSPS) is 20.4. The summed E-state index contributed by atoms with van der Waals surface area (Å²) in [7, 11) is 3.38. The van der Waals surface area contributed by atoms with E-state index in [1.165, 1.54) is 5.56 Å². The zero-order valence-electron chi connectivity index (χ0n) is 10.5. The molecule has 4 heteroatoms. The Morgan fingerprint density at radius 3 is 2.59 bits per heavy atom. The van der Waals surface area contributed by atoms with Crippen molar-refractivity contribution in [1.82, 2.24) is 10.2 Å². The molecule has 1 aliphatic heterocycles. The molecular weight excluding hydrogens is 216 g/mol. The molecule has 0 atom stereocenters. The third-order valence-electron chi connectivity index (χ3n) is 3.24. The highest BCUT2D eigenvalue weighted by atomic mass is 16.7. The molecule has 1 heterocycles. The lowest BCUT2D eigenvalue weighted by atomic mass is 10.2. The molecule has 1 N–H and O–H groups in total. The van der Waals surface area contributed by atoms with Crippen LogP contribution in [0.1, 0.15) is 5.56 Å². The van der Waals surface area contributed by atoms with Gasteiger partial charge in [-0.15, -0.1) is 0 Å². The van der Waals surface area contributed by atoms with Gasteiger partial charge < -0.3 is 14.8 Å². The number of benzene rings is 1. The van der Waals surface area contributed by atoms with Gasteiger partial charge in [0.15, 0.2) is 0 Å². The molecule has 94 valence electrons. The maximum atomic E-state index is 5.55. The predicted molar refractivity (Wildman–Crippen MR) is 66.5 cm³/mol. The van der Waals surface area contributed by atoms with Gasteiger partial charge in [-0.2, -0.15) is 0 Å². The average Bonchev–Trinajstić information content (AvgIpc) is 2.41. The lowest BCUT2D eigenvalue weighted by Crippen LogP contribution is -2.62. The molecule has 0 saturated carbocycles. The van der Waals surface area contributed by atoms with Gasteiger partial charge in [-0.25, -0.2) is 4.90 Å². The van der Waals surface area contributed by atoms with Crippen molar-refractivity contribution < 1.29 is 9.47 Å². The van der Waals surface area contributed by atoms with E-state index in [0.717, 1.165) is 19.6 Å². The van der Waals surface area contributed by atoms with Gasteiger partial charge in [0.05, 0.1) is 6.54 Å². The highest BCUT2D eigenvalue weighted by Crippen LogP contribution is 2.21. The molecule has 0 aliphatic carbocycles. The van der Waals surface area contributed by atoms with Gasteiger partial charge in [0.1, 0.15) is 0 Å². The van der Waals surface area contributed by atoms with E-state index in [0.29, 0.717) is 6.54 Å². The summed E-state index contributed by atoms with van der Waals surface area (Å²) in [6.45, 7) is 3.40. The second kappa shape index (κ2) is 5.60. The first-order valence-electron chi connectivity index (χ1n) is 5.91. The van der Waals surface area contributed by atoms with Gasteiger partial charge in [0, 0.05) is 33.9 Å². The fourth-order valence-electron chi connectivity index (χ4n) is 2.23. The van der Waals surface area contributed by atoms with Crippen LogP contribution in [0.5, 0.6) is 0 Å². The molecule has 1 fully saturated rings. The van der Waals surface area contributed by atoms with E-state index in [1.54, 1.807) is 14.2 Å². The second-order valence-corrected chi connectivity index (χ2v) is 4.20. The van der Waals surface area contributed by atoms with E-state index >= 15 is 0 Å². The van der Waals surface area contributed by atoms with Crippen LogP contribution in [0.25, 0.3) is 0 Å². The Morgan fingerprint density at radius 1 is 1.24 bits per heavy atom. The van der Waals surface area contributed by atoms with Crippen LogP contribution < -0.4 is 5.32 Å². The quantitative estimate of drug-likeness (QED) is 0.792. The SMILES string of the molecule is COC1(OC)CNCCN1Cc1ccccc1. The topological polar surface area (TPSA) is 33.7 Å². The van der Waals surface area contributed by atoms with Crippen LogP contribution >= 0.6 is 0 Å². The zero-order valence-corrected chi connectivity index (χ0v) is 10.5. The molecule has 0 amide bonds. The van der Waals surface area contributed by atoms with Crippen molar-refractivity contribution in [3.8, 4) is 0 Å². The van der Waals surface area contributed by atoms with Crippen molar-refractivity contribution in [1.29, 1.82) is 0 Å². The third kappa shape index (κ3) is 2.66. The van der Waals surface area contributed by atoms with E-state index in [2.05, 4.69) is 34.5 Å². The molecule has 4 nitrogen and oxygen atoms in total. The van der Waals surface area contributed by atoms with Crippen LogP contribution in [0.3, 0.4) is 0 Å². The number of nitrogens with one attached hydrogen (secondary N) is 1. The molecule has 1 aromatic carbocycles. The Kier molecular flexibility index (Phi) is 4.12.